The number of benzene rings is 1. The summed E-state index contributed by atoms with van der Waals surface area (Å²) in [6, 6.07) is 5.42. The number of nitrogens with one attached hydrogen (secondary N) is 1. The van der Waals surface area contributed by atoms with Gasteiger partial charge >= 0.3 is 0 Å². The van der Waals surface area contributed by atoms with E-state index in [0.29, 0.717) is 23.9 Å². The van der Waals surface area contributed by atoms with Gasteiger partial charge in [0.1, 0.15) is 0 Å². The number of anilines is 1. The minimum atomic E-state index is -0.0441. The van der Waals surface area contributed by atoms with E-state index in [1.165, 1.54) is 0 Å². The van der Waals surface area contributed by atoms with Crippen LogP contribution in [0.2, 0.25) is 0 Å². The first-order valence-corrected chi connectivity index (χ1v) is 7.61. The fourth-order valence-electron chi connectivity index (χ4n) is 2.06. The van der Waals surface area contributed by atoms with Crippen molar-refractivity contribution in [3.63, 3.8) is 0 Å². The lowest BCUT2D eigenvalue weighted by Gasteiger charge is -2.12. The normalized spacial score (nSPS) is 18.5. The minimum Gasteiger partial charge on any atom is -0.399 e. The minimum absolute atomic E-state index is 0.0441. The molecule has 1 amide bonds. The van der Waals surface area contributed by atoms with Gasteiger partial charge in [-0.15, -0.1) is 11.8 Å². The lowest BCUT2D eigenvalue weighted by molar-refractivity contribution is 0.0952. The third-order valence-electron chi connectivity index (χ3n) is 3.04. The molecule has 0 spiro atoms. The number of thioether (sulfide) groups is 1. The highest BCUT2D eigenvalue weighted by molar-refractivity contribution is 7.99. The third kappa shape index (κ3) is 3.88. The summed E-state index contributed by atoms with van der Waals surface area (Å²) in [7, 11) is 0. The van der Waals surface area contributed by atoms with Crippen molar-refractivity contribution in [3.05, 3.63) is 23.8 Å². The average molecular weight is 280 g/mol. The first kappa shape index (κ1) is 14.2. The van der Waals surface area contributed by atoms with Gasteiger partial charge in [-0.25, -0.2) is 0 Å². The van der Waals surface area contributed by atoms with E-state index in [0.717, 1.165) is 30.1 Å². The van der Waals surface area contributed by atoms with E-state index in [-0.39, 0.29) is 5.91 Å². The number of hydrogen-bond acceptors (Lipinski definition) is 4. The van der Waals surface area contributed by atoms with Crippen molar-refractivity contribution < 1.29 is 9.53 Å². The van der Waals surface area contributed by atoms with E-state index in [1.54, 1.807) is 23.9 Å². The standard InChI is InChI=1S/C14H20N2O2S/c1-2-16-14(17)12-6-5-10(15)8-13(12)19-9-11-4-3-7-18-11/h5-6,8,11H,2-4,7,9,15H2,1H3,(H,16,17). The molecule has 4 nitrogen and oxygen atoms in total. The lowest BCUT2D eigenvalue weighted by atomic mass is 10.2. The van der Waals surface area contributed by atoms with Crippen LogP contribution in [0.15, 0.2) is 23.1 Å². The molecule has 1 aromatic rings. The Bertz CT molecular complexity index is 445. The van der Waals surface area contributed by atoms with E-state index >= 15 is 0 Å². The van der Waals surface area contributed by atoms with Crippen LogP contribution >= 0.6 is 11.8 Å². The van der Waals surface area contributed by atoms with E-state index in [4.69, 9.17) is 10.5 Å². The molecular weight excluding hydrogens is 260 g/mol. The number of rotatable bonds is 5. The van der Waals surface area contributed by atoms with Gasteiger partial charge in [-0.2, -0.15) is 0 Å². The van der Waals surface area contributed by atoms with Gasteiger partial charge in [0.2, 0.25) is 0 Å². The SMILES string of the molecule is CCNC(=O)c1ccc(N)cc1SCC1CCCO1. The predicted molar refractivity (Wildman–Crippen MR) is 78.6 cm³/mol. The average Bonchev–Trinajstić information content (AvgIpc) is 2.89. The molecule has 1 atom stereocenters. The van der Waals surface area contributed by atoms with E-state index in [2.05, 4.69) is 5.32 Å². The fourth-order valence-corrected chi connectivity index (χ4v) is 3.22. The van der Waals surface area contributed by atoms with Crippen molar-refractivity contribution in [2.75, 3.05) is 24.6 Å². The van der Waals surface area contributed by atoms with E-state index < -0.39 is 0 Å². The lowest BCUT2D eigenvalue weighted by Crippen LogP contribution is -2.23. The fraction of sp³-hybridized carbons (Fsp3) is 0.500. The summed E-state index contributed by atoms with van der Waals surface area (Å²) in [5.41, 5.74) is 7.19. The van der Waals surface area contributed by atoms with Crippen molar-refractivity contribution in [2.24, 2.45) is 0 Å². The zero-order chi connectivity index (χ0) is 13.7. The third-order valence-corrected chi connectivity index (χ3v) is 4.22. The van der Waals surface area contributed by atoms with Crippen molar-refractivity contribution in [3.8, 4) is 0 Å². The maximum absolute atomic E-state index is 12.0. The summed E-state index contributed by atoms with van der Waals surface area (Å²) in [6.45, 7) is 3.39. The molecule has 1 aromatic carbocycles. The monoisotopic (exact) mass is 280 g/mol. The molecule has 1 saturated heterocycles. The van der Waals surface area contributed by atoms with Gasteiger partial charge in [-0.3, -0.25) is 4.79 Å². The van der Waals surface area contributed by atoms with Crippen LogP contribution in [0.4, 0.5) is 5.69 Å². The Morgan fingerprint density at radius 1 is 1.58 bits per heavy atom. The maximum atomic E-state index is 12.0. The Morgan fingerprint density at radius 3 is 3.11 bits per heavy atom. The Labute approximate surface area is 118 Å². The van der Waals surface area contributed by atoms with Crippen molar-refractivity contribution >= 4 is 23.4 Å². The summed E-state index contributed by atoms with van der Waals surface area (Å²) in [6.07, 6.45) is 2.53. The summed E-state index contributed by atoms with van der Waals surface area (Å²) in [4.78, 5) is 12.9. The Hall–Kier alpha value is -1.20. The van der Waals surface area contributed by atoms with Crippen LogP contribution in [-0.2, 0) is 4.74 Å². The summed E-state index contributed by atoms with van der Waals surface area (Å²) in [5, 5.41) is 2.83. The molecule has 0 radical (unpaired) electrons. The summed E-state index contributed by atoms with van der Waals surface area (Å²) < 4.78 is 5.60. The molecule has 1 aliphatic heterocycles. The Morgan fingerprint density at radius 2 is 2.42 bits per heavy atom. The molecular formula is C14H20N2O2S. The van der Waals surface area contributed by atoms with Gasteiger partial charge in [0.05, 0.1) is 11.7 Å². The van der Waals surface area contributed by atoms with Gasteiger partial charge in [-0.1, -0.05) is 0 Å². The molecule has 1 aliphatic rings. The second-order valence-corrected chi connectivity index (χ2v) is 5.62. The molecule has 0 aromatic heterocycles. The number of hydrogen-bond donors (Lipinski definition) is 2. The molecule has 1 heterocycles. The highest BCUT2D eigenvalue weighted by atomic mass is 32.2. The highest BCUT2D eigenvalue weighted by Crippen LogP contribution is 2.28. The number of nitrogens with two attached hydrogens (primary N) is 1. The number of carbonyl (C=O) groups is 1. The van der Waals surface area contributed by atoms with Crippen LogP contribution in [0.5, 0.6) is 0 Å². The molecule has 2 rings (SSSR count). The number of carbonyl (C=O) groups excluding carboxylic acids is 1. The zero-order valence-corrected chi connectivity index (χ0v) is 12.0. The maximum Gasteiger partial charge on any atom is 0.252 e. The Kier molecular flexibility index (Phi) is 5.10. The largest absolute Gasteiger partial charge is 0.399 e. The summed E-state index contributed by atoms with van der Waals surface area (Å²) >= 11 is 1.65. The smallest absolute Gasteiger partial charge is 0.252 e. The molecule has 0 saturated carbocycles. The molecule has 104 valence electrons. The van der Waals surface area contributed by atoms with Crippen LogP contribution in [0.1, 0.15) is 30.1 Å². The van der Waals surface area contributed by atoms with Crippen LogP contribution in [0.3, 0.4) is 0 Å². The highest BCUT2D eigenvalue weighted by Gasteiger charge is 2.18. The second kappa shape index (κ2) is 6.82. The van der Waals surface area contributed by atoms with Crippen LogP contribution in [0, 0.1) is 0 Å². The first-order valence-electron chi connectivity index (χ1n) is 6.63. The Balaban J connectivity index is 2.07. The van der Waals surface area contributed by atoms with Crippen LogP contribution in [-0.4, -0.2) is 30.9 Å². The molecule has 0 aliphatic carbocycles. The topological polar surface area (TPSA) is 64.4 Å². The van der Waals surface area contributed by atoms with E-state index in [9.17, 15) is 4.79 Å². The first-order chi connectivity index (χ1) is 9.20. The molecule has 0 bridgehead atoms. The molecule has 19 heavy (non-hydrogen) atoms. The van der Waals surface area contributed by atoms with Crippen molar-refractivity contribution in [1.29, 1.82) is 0 Å². The molecule has 5 heteroatoms. The van der Waals surface area contributed by atoms with E-state index in [1.807, 2.05) is 13.0 Å². The number of amides is 1. The quantitative estimate of drug-likeness (QED) is 0.641. The number of nitrogen functional groups attached to an aromatic ring is 1. The predicted octanol–water partition coefficient (Wildman–Crippen LogP) is 2.29. The zero-order valence-electron chi connectivity index (χ0n) is 11.1. The molecule has 1 unspecified atom stereocenters. The van der Waals surface area contributed by atoms with Crippen molar-refractivity contribution in [1.82, 2.24) is 5.32 Å². The van der Waals surface area contributed by atoms with Crippen molar-refractivity contribution in [2.45, 2.75) is 30.8 Å². The van der Waals surface area contributed by atoms with Gasteiger partial charge in [0, 0.05) is 29.5 Å². The second-order valence-electron chi connectivity index (χ2n) is 4.56. The van der Waals surface area contributed by atoms with Gasteiger partial charge < -0.3 is 15.8 Å². The van der Waals surface area contributed by atoms with Gasteiger partial charge in [-0.05, 0) is 38.0 Å². The van der Waals surface area contributed by atoms with Gasteiger partial charge in [0.15, 0.2) is 0 Å². The van der Waals surface area contributed by atoms with Crippen LogP contribution < -0.4 is 11.1 Å². The summed E-state index contributed by atoms with van der Waals surface area (Å²) in [5.74, 6) is 0.827. The molecule has 3 N–H and O–H groups in total. The number of ether oxygens (including phenoxy) is 1. The molecule has 1 fully saturated rings. The van der Waals surface area contributed by atoms with Crippen LogP contribution in [0.25, 0.3) is 0 Å². The van der Waals surface area contributed by atoms with Gasteiger partial charge in [0.25, 0.3) is 5.91 Å².